The predicted molar refractivity (Wildman–Crippen MR) is 135 cm³/mol. The Hall–Kier alpha value is -1.17. The van der Waals surface area contributed by atoms with Crippen LogP contribution < -0.4 is 15.2 Å². The molecule has 0 bridgehead atoms. The van der Waals surface area contributed by atoms with E-state index >= 15 is 0 Å². The summed E-state index contributed by atoms with van der Waals surface area (Å²) in [4.78, 5) is 0. The number of ether oxygens (including phenoxy) is 4. The van der Waals surface area contributed by atoms with E-state index < -0.39 is 18.1 Å². The van der Waals surface area contributed by atoms with Crippen LogP contribution in [0.1, 0.15) is 38.2 Å². The number of anilines is 1. The lowest BCUT2D eigenvalue weighted by Gasteiger charge is -2.32. The van der Waals surface area contributed by atoms with E-state index in [0.29, 0.717) is 31.0 Å². The van der Waals surface area contributed by atoms with Crippen molar-refractivity contribution in [2.75, 3.05) is 30.9 Å². The van der Waals surface area contributed by atoms with Gasteiger partial charge in [-0.1, -0.05) is 32.6 Å². The first-order valence-corrected chi connectivity index (χ1v) is 17.4. The van der Waals surface area contributed by atoms with Crippen LogP contribution in [-0.2, 0) is 30.7 Å². The summed E-state index contributed by atoms with van der Waals surface area (Å²) < 4.78 is 49.8. The zero-order valence-corrected chi connectivity index (χ0v) is 22.6. The number of benzene rings is 1. The van der Waals surface area contributed by atoms with Gasteiger partial charge in [-0.15, -0.1) is 0 Å². The van der Waals surface area contributed by atoms with E-state index in [9.17, 15) is 8.42 Å². The Kier molecular flexibility index (Phi) is 11.1. The summed E-state index contributed by atoms with van der Waals surface area (Å²) in [5, 5.41) is 0. The quantitative estimate of drug-likeness (QED) is 0.225. The summed E-state index contributed by atoms with van der Waals surface area (Å²) >= 11 is 0. The van der Waals surface area contributed by atoms with Crippen LogP contribution >= 0.6 is 0 Å². The Morgan fingerprint density at radius 3 is 2.67 bits per heavy atom. The third-order valence-electron chi connectivity index (χ3n) is 5.47. The molecule has 1 heterocycles. The van der Waals surface area contributed by atoms with E-state index in [-0.39, 0.29) is 25.3 Å². The first-order valence-electron chi connectivity index (χ1n) is 11.8. The van der Waals surface area contributed by atoms with E-state index in [1.807, 2.05) is 6.07 Å². The Morgan fingerprint density at radius 1 is 1.27 bits per heavy atom. The zero-order valence-electron chi connectivity index (χ0n) is 20.8. The van der Waals surface area contributed by atoms with Crippen molar-refractivity contribution in [3.8, 4) is 5.75 Å². The molecule has 33 heavy (non-hydrogen) atoms. The van der Waals surface area contributed by atoms with Crippen LogP contribution in [0.2, 0.25) is 25.7 Å². The molecule has 1 aliphatic heterocycles. The number of sulfonamides is 1. The number of hydrogen-bond donors (Lipinski definition) is 2. The molecule has 0 amide bonds. The maximum Gasteiger partial charge on any atom is 0.229 e. The van der Waals surface area contributed by atoms with Crippen LogP contribution in [0.5, 0.6) is 5.75 Å². The van der Waals surface area contributed by atoms with Gasteiger partial charge >= 0.3 is 0 Å². The Bertz CT molecular complexity index is 831. The summed E-state index contributed by atoms with van der Waals surface area (Å²) in [6, 6.07) is 6.45. The Labute approximate surface area is 200 Å². The first-order chi connectivity index (χ1) is 15.5. The highest BCUT2D eigenvalue weighted by Crippen LogP contribution is 2.28. The molecule has 2 unspecified atom stereocenters. The van der Waals surface area contributed by atoms with Crippen molar-refractivity contribution in [2.24, 2.45) is 5.73 Å². The molecular formula is C23H42N2O6SSi. The smallest absolute Gasteiger partial charge is 0.229 e. The molecule has 3 atom stereocenters. The molecule has 0 saturated carbocycles. The van der Waals surface area contributed by atoms with Gasteiger partial charge in [0.2, 0.25) is 10.0 Å². The lowest BCUT2D eigenvalue weighted by molar-refractivity contribution is -0.213. The molecule has 190 valence electrons. The Morgan fingerprint density at radius 2 is 2.03 bits per heavy atom. The summed E-state index contributed by atoms with van der Waals surface area (Å²) in [6.07, 6.45) is 5.38. The van der Waals surface area contributed by atoms with Crippen LogP contribution in [-0.4, -0.2) is 61.2 Å². The van der Waals surface area contributed by atoms with Crippen LogP contribution in [0.3, 0.4) is 0 Å². The van der Waals surface area contributed by atoms with Gasteiger partial charge in [-0.2, -0.15) is 0 Å². The van der Waals surface area contributed by atoms with Gasteiger partial charge in [-0.3, -0.25) is 4.72 Å². The molecule has 8 nitrogen and oxygen atoms in total. The normalized spacial score (nSPS) is 20.4. The Balaban J connectivity index is 2.02. The lowest BCUT2D eigenvalue weighted by atomic mass is 10.1. The molecule has 1 aliphatic rings. The second-order valence-corrected chi connectivity index (χ2v) is 17.3. The van der Waals surface area contributed by atoms with Gasteiger partial charge in [-0.25, -0.2) is 8.42 Å². The maximum atomic E-state index is 11.9. The SMILES string of the molecule is CCC1CCCC(O[C@H](CN)Cc2ccc(OCOCC[Si](C)(C)C)c(NS(C)(=O)=O)c2)O1. The summed E-state index contributed by atoms with van der Waals surface area (Å²) in [5.74, 6) is 0.420. The summed E-state index contributed by atoms with van der Waals surface area (Å²) in [5.41, 5.74) is 7.24. The topological polar surface area (TPSA) is 109 Å². The average Bonchev–Trinajstić information content (AvgIpc) is 2.72. The molecule has 0 spiro atoms. The molecule has 1 aromatic carbocycles. The van der Waals surface area contributed by atoms with Crippen molar-refractivity contribution >= 4 is 23.8 Å². The zero-order chi connectivity index (χ0) is 24.5. The molecule has 1 fully saturated rings. The maximum absolute atomic E-state index is 11.9. The average molecular weight is 503 g/mol. The summed E-state index contributed by atoms with van der Waals surface area (Å²) in [6.45, 7) is 9.99. The third kappa shape index (κ3) is 11.2. The van der Waals surface area contributed by atoms with Crippen molar-refractivity contribution < 1.29 is 27.4 Å². The van der Waals surface area contributed by atoms with Crippen molar-refractivity contribution in [1.82, 2.24) is 0 Å². The van der Waals surface area contributed by atoms with Gasteiger partial charge in [0.05, 0.1) is 24.2 Å². The molecule has 10 heteroatoms. The number of nitrogens with one attached hydrogen (secondary N) is 1. The van der Waals surface area contributed by atoms with E-state index in [0.717, 1.165) is 43.5 Å². The van der Waals surface area contributed by atoms with E-state index in [1.54, 1.807) is 12.1 Å². The fourth-order valence-electron chi connectivity index (χ4n) is 3.58. The van der Waals surface area contributed by atoms with E-state index in [4.69, 9.17) is 24.7 Å². The van der Waals surface area contributed by atoms with Gasteiger partial charge < -0.3 is 24.7 Å². The molecule has 3 N–H and O–H groups in total. The molecule has 0 aromatic heterocycles. The van der Waals surface area contributed by atoms with Gasteiger partial charge in [0.25, 0.3) is 0 Å². The molecule has 0 radical (unpaired) electrons. The highest BCUT2D eigenvalue weighted by Gasteiger charge is 2.24. The second-order valence-electron chi connectivity index (χ2n) is 9.91. The fourth-order valence-corrected chi connectivity index (χ4v) is 4.90. The molecule has 1 saturated heterocycles. The lowest BCUT2D eigenvalue weighted by Crippen LogP contribution is -2.36. The number of nitrogens with two attached hydrogens (primary N) is 1. The number of hydrogen-bond acceptors (Lipinski definition) is 7. The van der Waals surface area contributed by atoms with Gasteiger partial charge in [0.1, 0.15) is 5.75 Å². The molecule has 1 aromatic rings. The van der Waals surface area contributed by atoms with E-state index in [2.05, 4.69) is 31.3 Å². The highest BCUT2D eigenvalue weighted by molar-refractivity contribution is 7.92. The van der Waals surface area contributed by atoms with Crippen molar-refractivity contribution in [3.63, 3.8) is 0 Å². The minimum atomic E-state index is -3.48. The second kappa shape index (κ2) is 13.1. The molecule has 2 rings (SSSR count). The largest absolute Gasteiger partial charge is 0.465 e. The van der Waals surface area contributed by atoms with Crippen molar-refractivity contribution in [2.45, 2.75) is 83.2 Å². The van der Waals surface area contributed by atoms with Crippen LogP contribution in [0.4, 0.5) is 5.69 Å². The molecular weight excluding hydrogens is 460 g/mol. The van der Waals surface area contributed by atoms with Gasteiger partial charge in [0.15, 0.2) is 13.1 Å². The minimum absolute atomic E-state index is 0.0639. The van der Waals surface area contributed by atoms with Crippen molar-refractivity contribution in [3.05, 3.63) is 23.8 Å². The van der Waals surface area contributed by atoms with Gasteiger partial charge in [-0.05, 0) is 49.4 Å². The monoisotopic (exact) mass is 502 g/mol. The fraction of sp³-hybridized carbons (Fsp3) is 0.739. The summed E-state index contributed by atoms with van der Waals surface area (Å²) in [7, 11) is -4.66. The number of rotatable bonds is 14. The van der Waals surface area contributed by atoms with Gasteiger partial charge in [0, 0.05) is 27.6 Å². The molecule has 0 aliphatic carbocycles. The van der Waals surface area contributed by atoms with Crippen LogP contribution in [0.25, 0.3) is 0 Å². The van der Waals surface area contributed by atoms with E-state index in [1.165, 1.54) is 0 Å². The standard InChI is InChI=1S/C23H42N2O6SSi/c1-6-19-8-7-9-23(30-19)31-20(16-24)14-18-10-11-22(21(15-18)25-32(2,26)27)29-17-28-12-13-33(3,4)5/h10-11,15,19-20,23,25H,6-9,12-14,16-17,24H2,1-5H3/t19?,20-,23?/m0/s1. The van der Waals surface area contributed by atoms with Crippen LogP contribution in [0, 0.1) is 0 Å². The predicted octanol–water partition coefficient (Wildman–Crippen LogP) is 3.94. The van der Waals surface area contributed by atoms with Crippen molar-refractivity contribution in [1.29, 1.82) is 0 Å². The van der Waals surface area contributed by atoms with Crippen LogP contribution in [0.15, 0.2) is 18.2 Å². The third-order valence-corrected chi connectivity index (χ3v) is 7.76. The highest BCUT2D eigenvalue weighted by atomic mass is 32.2. The minimum Gasteiger partial charge on any atom is -0.465 e. The first kappa shape index (κ1) is 28.1.